The second-order valence-corrected chi connectivity index (χ2v) is 6.97. The Kier molecular flexibility index (Phi) is 4.01. The van der Waals surface area contributed by atoms with E-state index in [0.29, 0.717) is 11.5 Å². The Balaban J connectivity index is 1.54. The van der Waals surface area contributed by atoms with Crippen LogP contribution in [-0.4, -0.2) is 25.8 Å². The van der Waals surface area contributed by atoms with Crippen LogP contribution in [0.25, 0.3) is 0 Å². The predicted molar refractivity (Wildman–Crippen MR) is 82.9 cm³/mol. The lowest BCUT2D eigenvalue weighted by molar-refractivity contribution is 0.0202. The molecule has 1 saturated heterocycles. The highest BCUT2D eigenvalue weighted by atomic mass is 16.5. The van der Waals surface area contributed by atoms with Crippen LogP contribution in [0.2, 0.25) is 0 Å². The maximum atomic E-state index is 9.58. The first-order valence-corrected chi connectivity index (χ1v) is 7.94. The lowest BCUT2D eigenvalue weighted by atomic mass is 9.62. The number of nitrogens with one attached hydrogen (secondary N) is 1. The van der Waals surface area contributed by atoms with E-state index in [0.717, 1.165) is 45.4 Å². The maximum absolute atomic E-state index is 9.58. The highest BCUT2D eigenvalue weighted by Crippen LogP contribution is 2.43. The Hall–Kier alpha value is -1.37. The molecule has 0 radical (unpaired) electrons. The Morgan fingerprint density at radius 1 is 1.24 bits per heavy atom. The van der Waals surface area contributed by atoms with Gasteiger partial charge in [-0.25, -0.2) is 0 Å². The van der Waals surface area contributed by atoms with Crippen molar-refractivity contribution in [1.29, 1.82) is 5.26 Å². The van der Waals surface area contributed by atoms with Crippen LogP contribution >= 0.6 is 0 Å². The molecule has 2 aliphatic rings. The van der Waals surface area contributed by atoms with Crippen molar-refractivity contribution in [3.63, 3.8) is 0 Å². The average Bonchev–Trinajstić information content (AvgIpc) is 2.48. The normalized spacial score (nSPS) is 31.1. The molecular weight excluding hydrogens is 260 g/mol. The van der Waals surface area contributed by atoms with Gasteiger partial charge in [0, 0.05) is 25.8 Å². The molecule has 3 nitrogen and oxygen atoms in total. The summed E-state index contributed by atoms with van der Waals surface area (Å²) in [6.45, 7) is 5.15. The van der Waals surface area contributed by atoms with Crippen molar-refractivity contribution in [3.05, 3.63) is 35.9 Å². The Labute approximate surface area is 127 Å². The van der Waals surface area contributed by atoms with Gasteiger partial charge in [-0.3, -0.25) is 0 Å². The average molecular weight is 284 g/mol. The number of ether oxygens (including phenoxy) is 1. The van der Waals surface area contributed by atoms with E-state index in [1.165, 1.54) is 5.56 Å². The molecule has 1 N–H and O–H groups in total. The molecule has 3 rings (SSSR count). The van der Waals surface area contributed by atoms with E-state index >= 15 is 0 Å². The first kappa shape index (κ1) is 14.6. The van der Waals surface area contributed by atoms with Crippen molar-refractivity contribution in [3.8, 4) is 6.07 Å². The zero-order chi connectivity index (χ0) is 14.8. The molecule has 0 atom stereocenters. The minimum atomic E-state index is -0.268. The number of rotatable bonds is 4. The van der Waals surface area contributed by atoms with Gasteiger partial charge in [-0.2, -0.15) is 5.26 Å². The highest BCUT2D eigenvalue weighted by Gasteiger charge is 2.46. The highest BCUT2D eigenvalue weighted by molar-refractivity contribution is 5.36. The molecule has 1 aromatic rings. The molecule has 1 aliphatic carbocycles. The molecule has 0 bridgehead atoms. The lowest BCUT2D eigenvalue weighted by Gasteiger charge is -2.45. The molecule has 3 heteroatoms. The summed E-state index contributed by atoms with van der Waals surface area (Å²) in [6, 6.07) is 13.3. The molecule has 1 heterocycles. The summed E-state index contributed by atoms with van der Waals surface area (Å²) in [5, 5.41) is 13.3. The largest absolute Gasteiger partial charge is 0.381 e. The van der Waals surface area contributed by atoms with Crippen molar-refractivity contribution in [2.45, 2.75) is 44.1 Å². The Morgan fingerprint density at radius 2 is 1.90 bits per heavy atom. The van der Waals surface area contributed by atoms with Gasteiger partial charge in [0.1, 0.15) is 0 Å². The summed E-state index contributed by atoms with van der Waals surface area (Å²) in [7, 11) is 0. The van der Waals surface area contributed by atoms with E-state index in [1.807, 2.05) is 18.2 Å². The minimum absolute atomic E-state index is 0.268. The van der Waals surface area contributed by atoms with Crippen LogP contribution in [-0.2, 0) is 10.2 Å². The van der Waals surface area contributed by atoms with Crippen molar-refractivity contribution < 1.29 is 4.74 Å². The Morgan fingerprint density at radius 3 is 2.52 bits per heavy atom. The van der Waals surface area contributed by atoms with Crippen LogP contribution < -0.4 is 5.32 Å². The van der Waals surface area contributed by atoms with E-state index in [2.05, 4.69) is 30.4 Å². The molecule has 0 unspecified atom stereocenters. The van der Waals surface area contributed by atoms with Gasteiger partial charge in [0.05, 0.1) is 11.5 Å². The van der Waals surface area contributed by atoms with Gasteiger partial charge in [0.15, 0.2) is 0 Å². The molecule has 0 aromatic heterocycles. The summed E-state index contributed by atoms with van der Waals surface area (Å²) in [5.74, 6) is 0. The van der Waals surface area contributed by atoms with E-state index in [4.69, 9.17) is 4.74 Å². The topological polar surface area (TPSA) is 45.0 Å². The molecule has 112 valence electrons. The number of nitrogens with zero attached hydrogens (tertiary/aromatic N) is 1. The third kappa shape index (κ3) is 2.97. The second kappa shape index (κ2) is 5.79. The molecule has 0 amide bonds. The number of hydrogen-bond acceptors (Lipinski definition) is 3. The molecule has 1 saturated carbocycles. The van der Waals surface area contributed by atoms with Crippen LogP contribution in [0.5, 0.6) is 0 Å². The fourth-order valence-corrected chi connectivity index (χ4v) is 3.51. The zero-order valence-corrected chi connectivity index (χ0v) is 12.8. The van der Waals surface area contributed by atoms with Crippen LogP contribution in [0, 0.1) is 16.7 Å². The Bertz CT molecular complexity index is 508. The number of nitriles is 1. The van der Waals surface area contributed by atoms with Gasteiger partial charge in [0.2, 0.25) is 0 Å². The number of benzene rings is 1. The summed E-state index contributed by atoms with van der Waals surface area (Å²) in [6.07, 6.45) is 4.13. The molecule has 1 aliphatic heterocycles. The van der Waals surface area contributed by atoms with Crippen molar-refractivity contribution in [2.24, 2.45) is 5.41 Å². The van der Waals surface area contributed by atoms with Gasteiger partial charge in [-0.1, -0.05) is 37.3 Å². The van der Waals surface area contributed by atoms with Crippen LogP contribution in [0.1, 0.15) is 38.2 Å². The molecule has 0 spiro atoms. The maximum Gasteiger partial charge on any atom is 0.0852 e. The summed E-state index contributed by atoms with van der Waals surface area (Å²) < 4.78 is 5.45. The zero-order valence-electron chi connectivity index (χ0n) is 12.8. The van der Waals surface area contributed by atoms with E-state index in [1.54, 1.807) is 0 Å². The third-order valence-corrected chi connectivity index (χ3v) is 5.25. The van der Waals surface area contributed by atoms with Crippen LogP contribution in [0.15, 0.2) is 30.3 Å². The van der Waals surface area contributed by atoms with Gasteiger partial charge in [-0.05, 0) is 36.7 Å². The minimum Gasteiger partial charge on any atom is -0.381 e. The van der Waals surface area contributed by atoms with Crippen molar-refractivity contribution in [1.82, 2.24) is 5.32 Å². The standard InChI is InChI=1S/C18H24N2O/c1-17(7-9-21-10-8-17)14-20-16-11-18(12-16,13-19)15-5-3-2-4-6-15/h2-6,16,20H,7-12,14H2,1H3. The monoisotopic (exact) mass is 284 g/mol. The third-order valence-electron chi connectivity index (χ3n) is 5.25. The fraction of sp³-hybridized carbons (Fsp3) is 0.611. The van der Waals surface area contributed by atoms with Crippen LogP contribution in [0.4, 0.5) is 0 Å². The summed E-state index contributed by atoms with van der Waals surface area (Å²) >= 11 is 0. The molecule has 1 aromatic carbocycles. The van der Waals surface area contributed by atoms with E-state index in [-0.39, 0.29) is 5.41 Å². The molecule has 21 heavy (non-hydrogen) atoms. The quantitative estimate of drug-likeness (QED) is 0.924. The summed E-state index contributed by atoms with van der Waals surface area (Å²) in [5.41, 5.74) is 1.26. The predicted octanol–water partition coefficient (Wildman–Crippen LogP) is 3.02. The SMILES string of the molecule is CC1(CNC2CC(C#N)(c3ccccc3)C2)CCOCC1. The smallest absolute Gasteiger partial charge is 0.0852 e. The summed E-state index contributed by atoms with van der Waals surface area (Å²) in [4.78, 5) is 0. The van der Waals surface area contributed by atoms with Gasteiger partial charge < -0.3 is 10.1 Å². The van der Waals surface area contributed by atoms with E-state index < -0.39 is 0 Å². The fourth-order valence-electron chi connectivity index (χ4n) is 3.51. The lowest BCUT2D eigenvalue weighted by Crippen LogP contribution is -2.53. The first-order valence-electron chi connectivity index (χ1n) is 7.94. The van der Waals surface area contributed by atoms with Crippen molar-refractivity contribution in [2.75, 3.05) is 19.8 Å². The van der Waals surface area contributed by atoms with Gasteiger partial charge in [-0.15, -0.1) is 0 Å². The van der Waals surface area contributed by atoms with Crippen LogP contribution in [0.3, 0.4) is 0 Å². The van der Waals surface area contributed by atoms with Crippen molar-refractivity contribution >= 4 is 0 Å². The van der Waals surface area contributed by atoms with Gasteiger partial charge in [0.25, 0.3) is 0 Å². The first-order chi connectivity index (χ1) is 10.2. The van der Waals surface area contributed by atoms with E-state index in [9.17, 15) is 5.26 Å². The number of hydrogen-bond donors (Lipinski definition) is 1. The molecule has 2 fully saturated rings. The molecular formula is C18H24N2O. The van der Waals surface area contributed by atoms with Gasteiger partial charge >= 0.3 is 0 Å². The second-order valence-electron chi connectivity index (χ2n) is 6.97.